The fourth-order valence-electron chi connectivity index (χ4n) is 4.72. The third-order valence-corrected chi connectivity index (χ3v) is 6.55. The van der Waals surface area contributed by atoms with Gasteiger partial charge in [0.15, 0.2) is 0 Å². The first kappa shape index (κ1) is 20.6. The van der Waals surface area contributed by atoms with Gasteiger partial charge in [0, 0.05) is 58.3 Å². The minimum absolute atomic E-state index is 0.159. The summed E-state index contributed by atoms with van der Waals surface area (Å²) in [5, 5.41) is 0. The van der Waals surface area contributed by atoms with E-state index < -0.39 is 0 Å². The predicted molar refractivity (Wildman–Crippen MR) is 106 cm³/mol. The summed E-state index contributed by atoms with van der Waals surface area (Å²) in [6.07, 6.45) is 5.55. The Labute approximate surface area is 163 Å². The molecule has 0 aromatic carbocycles. The Bertz CT molecular complexity index is 499. The van der Waals surface area contributed by atoms with Gasteiger partial charge in [0.05, 0.1) is 5.92 Å². The molecule has 3 saturated heterocycles. The van der Waals surface area contributed by atoms with Crippen LogP contribution in [0.3, 0.4) is 0 Å². The van der Waals surface area contributed by atoms with E-state index in [1.54, 1.807) is 0 Å². The molecule has 2 N–H and O–H groups in total. The molecular formula is C20H37N5O2. The summed E-state index contributed by atoms with van der Waals surface area (Å²) in [6, 6.07) is 0.520. The summed E-state index contributed by atoms with van der Waals surface area (Å²) in [5.41, 5.74) is 5.51. The van der Waals surface area contributed by atoms with E-state index in [2.05, 4.69) is 21.7 Å². The van der Waals surface area contributed by atoms with Crippen molar-refractivity contribution in [3.05, 3.63) is 0 Å². The molecule has 3 aliphatic heterocycles. The molecule has 0 radical (unpaired) electrons. The Balaban J connectivity index is 1.46. The fraction of sp³-hybridized carbons (Fsp3) is 0.900. The molecule has 0 aliphatic carbocycles. The third kappa shape index (κ3) is 5.42. The molecule has 0 aromatic heterocycles. The van der Waals surface area contributed by atoms with Gasteiger partial charge in [-0.2, -0.15) is 0 Å². The number of hydrogen-bond donors (Lipinski definition) is 1. The molecule has 7 nitrogen and oxygen atoms in total. The lowest BCUT2D eigenvalue weighted by molar-refractivity contribution is -0.139. The average Bonchev–Trinajstić information content (AvgIpc) is 2.72. The second-order valence-electron chi connectivity index (χ2n) is 8.47. The van der Waals surface area contributed by atoms with Gasteiger partial charge in [0.2, 0.25) is 11.8 Å². The van der Waals surface area contributed by atoms with Crippen LogP contribution in [0.15, 0.2) is 0 Å². The zero-order chi connectivity index (χ0) is 19.2. The molecule has 0 spiro atoms. The molecule has 7 heteroatoms. The highest BCUT2D eigenvalue weighted by Gasteiger charge is 2.34. The lowest BCUT2D eigenvalue weighted by atomic mass is 9.92. The number of rotatable bonds is 5. The smallest absolute Gasteiger partial charge is 0.227 e. The van der Waals surface area contributed by atoms with Crippen LogP contribution >= 0.6 is 0 Å². The van der Waals surface area contributed by atoms with Crippen LogP contribution in [0.25, 0.3) is 0 Å². The standard InChI is InChI=1S/C20H37N5O2/c1-22-12-14-24(15-13-22)20(27)17-4-3-9-25(16-17)18-6-10-23(11-7-18)19(26)5-2-8-21/h17-18H,2-16,21H2,1H3/t17-/m0/s1. The maximum absolute atomic E-state index is 12.9. The van der Waals surface area contributed by atoms with Crippen LogP contribution in [0.2, 0.25) is 0 Å². The lowest BCUT2D eigenvalue weighted by Crippen LogP contribution is -2.54. The normalized spacial score (nSPS) is 26.4. The van der Waals surface area contributed by atoms with Crippen molar-refractivity contribution in [2.45, 2.75) is 44.6 Å². The molecule has 3 fully saturated rings. The molecule has 0 unspecified atom stereocenters. The number of likely N-dealkylation sites (N-methyl/N-ethyl adjacent to an activating group) is 1. The first-order valence-corrected chi connectivity index (χ1v) is 10.8. The number of carbonyl (C=O) groups excluding carboxylic acids is 2. The van der Waals surface area contributed by atoms with Gasteiger partial charge in [0.25, 0.3) is 0 Å². The topological polar surface area (TPSA) is 73.1 Å². The van der Waals surface area contributed by atoms with Crippen molar-refractivity contribution in [2.75, 3.05) is 66.0 Å². The largest absolute Gasteiger partial charge is 0.343 e. The maximum atomic E-state index is 12.9. The van der Waals surface area contributed by atoms with Crippen LogP contribution in [0.1, 0.15) is 38.5 Å². The van der Waals surface area contributed by atoms with Crippen LogP contribution in [0.4, 0.5) is 0 Å². The van der Waals surface area contributed by atoms with Crippen LogP contribution in [-0.4, -0.2) is 103 Å². The van der Waals surface area contributed by atoms with Crippen LogP contribution < -0.4 is 5.73 Å². The number of carbonyl (C=O) groups is 2. The Morgan fingerprint density at radius 1 is 0.926 bits per heavy atom. The number of amides is 2. The van der Waals surface area contributed by atoms with E-state index in [9.17, 15) is 9.59 Å². The zero-order valence-corrected chi connectivity index (χ0v) is 16.9. The number of piperazine rings is 1. The molecule has 0 aromatic rings. The zero-order valence-electron chi connectivity index (χ0n) is 16.9. The Morgan fingerprint density at radius 2 is 1.63 bits per heavy atom. The van der Waals surface area contributed by atoms with Crippen molar-refractivity contribution < 1.29 is 9.59 Å². The summed E-state index contributed by atoms with van der Waals surface area (Å²) in [5.74, 6) is 0.772. The van der Waals surface area contributed by atoms with Gasteiger partial charge in [-0.1, -0.05) is 0 Å². The minimum atomic E-state index is 0.159. The van der Waals surface area contributed by atoms with Gasteiger partial charge < -0.3 is 20.4 Å². The second kappa shape index (κ2) is 9.85. The monoisotopic (exact) mass is 379 g/mol. The summed E-state index contributed by atoms with van der Waals surface area (Å²) in [4.78, 5) is 34.0. The van der Waals surface area contributed by atoms with E-state index in [1.165, 1.54) is 0 Å². The Hall–Kier alpha value is -1.18. The third-order valence-electron chi connectivity index (χ3n) is 6.55. The van der Waals surface area contributed by atoms with E-state index in [1.807, 2.05) is 4.90 Å². The van der Waals surface area contributed by atoms with E-state index >= 15 is 0 Å². The van der Waals surface area contributed by atoms with Crippen molar-refractivity contribution in [3.8, 4) is 0 Å². The molecule has 3 rings (SSSR count). The highest BCUT2D eigenvalue weighted by atomic mass is 16.2. The number of likely N-dealkylation sites (tertiary alicyclic amines) is 2. The van der Waals surface area contributed by atoms with Gasteiger partial charge in [-0.15, -0.1) is 0 Å². The summed E-state index contributed by atoms with van der Waals surface area (Å²) in [7, 11) is 2.12. The van der Waals surface area contributed by atoms with Crippen molar-refractivity contribution in [2.24, 2.45) is 11.7 Å². The van der Waals surface area contributed by atoms with E-state index in [0.717, 1.165) is 84.5 Å². The summed E-state index contributed by atoms with van der Waals surface area (Å²) >= 11 is 0. The Kier molecular flexibility index (Phi) is 7.49. The van der Waals surface area contributed by atoms with Crippen molar-refractivity contribution in [1.82, 2.24) is 19.6 Å². The van der Waals surface area contributed by atoms with Gasteiger partial charge in [-0.3, -0.25) is 14.5 Å². The average molecular weight is 380 g/mol. The van der Waals surface area contributed by atoms with E-state index in [4.69, 9.17) is 5.73 Å². The van der Waals surface area contributed by atoms with Crippen LogP contribution in [-0.2, 0) is 9.59 Å². The second-order valence-corrected chi connectivity index (χ2v) is 8.47. The molecule has 0 bridgehead atoms. The SMILES string of the molecule is CN1CCN(C(=O)[C@H]2CCCN(C3CCN(C(=O)CCCN)CC3)C2)CC1. The van der Waals surface area contributed by atoms with Crippen LogP contribution in [0, 0.1) is 5.92 Å². The van der Waals surface area contributed by atoms with Crippen LogP contribution in [0.5, 0.6) is 0 Å². The summed E-state index contributed by atoms with van der Waals surface area (Å²) in [6.45, 7) is 7.99. The number of hydrogen-bond acceptors (Lipinski definition) is 5. The maximum Gasteiger partial charge on any atom is 0.227 e. The number of nitrogens with two attached hydrogens (primary N) is 1. The van der Waals surface area contributed by atoms with Crippen molar-refractivity contribution >= 4 is 11.8 Å². The first-order chi connectivity index (χ1) is 13.1. The predicted octanol–water partition coefficient (Wildman–Crippen LogP) is 0.202. The van der Waals surface area contributed by atoms with Gasteiger partial charge in [0.1, 0.15) is 0 Å². The summed E-state index contributed by atoms with van der Waals surface area (Å²) < 4.78 is 0. The molecule has 0 saturated carbocycles. The van der Waals surface area contributed by atoms with Crippen molar-refractivity contribution in [1.29, 1.82) is 0 Å². The van der Waals surface area contributed by atoms with Gasteiger partial charge in [-0.05, 0) is 52.2 Å². The minimum Gasteiger partial charge on any atom is -0.343 e. The number of piperidine rings is 2. The molecule has 3 heterocycles. The van der Waals surface area contributed by atoms with E-state index in [0.29, 0.717) is 24.9 Å². The number of nitrogens with zero attached hydrogens (tertiary/aromatic N) is 4. The highest BCUT2D eigenvalue weighted by Crippen LogP contribution is 2.25. The molecule has 2 amide bonds. The Morgan fingerprint density at radius 3 is 2.30 bits per heavy atom. The van der Waals surface area contributed by atoms with Gasteiger partial charge in [-0.25, -0.2) is 0 Å². The molecule has 154 valence electrons. The molecule has 1 atom stereocenters. The van der Waals surface area contributed by atoms with Crippen molar-refractivity contribution in [3.63, 3.8) is 0 Å². The molecular weight excluding hydrogens is 342 g/mol. The lowest BCUT2D eigenvalue weighted by Gasteiger charge is -2.43. The highest BCUT2D eigenvalue weighted by molar-refractivity contribution is 5.79. The van der Waals surface area contributed by atoms with E-state index in [-0.39, 0.29) is 11.8 Å². The van der Waals surface area contributed by atoms with Gasteiger partial charge >= 0.3 is 0 Å². The quantitative estimate of drug-likeness (QED) is 0.739. The molecule has 3 aliphatic rings. The first-order valence-electron chi connectivity index (χ1n) is 10.8. The molecule has 27 heavy (non-hydrogen) atoms. The fourth-order valence-corrected chi connectivity index (χ4v) is 4.72.